The van der Waals surface area contributed by atoms with Crippen molar-refractivity contribution in [2.24, 2.45) is 0 Å². The summed E-state index contributed by atoms with van der Waals surface area (Å²) in [5.74, 6) is 0. The predicted molar refractivity (Wildman–Crippen MR) is 52.9 cm³/mol. The van der Waals surface area contributed by atoms with Crippen LogP contribution in [0.25, 0.3) is 0 Å². The maximum Gasteiger partial charge on any atom is 0.122 e. The van der Waals surface area contributed by atoms with Crippen LogP contribution in [-0.2, 0) is 9.47 Å². The fraction of sp³-hybridized carbons (Fsp3) is 0.455. The second-order valence-corrected chi connectivity index (χ2v) is 3.03. The minimum absolute atomic E-state index is 0.159. The van der Waals surface area contributed by atoms with Crippen molar-refractivity contribution in [3.63, 3.8) is 0 Å². The molecule has 1 aliphatic rings. The Morgan fingerprint density at radius 2 is 2.08 bits per heavy atom. The average Bonchev–Trinajstić information content (AvgIpc) is 2.17. The summed E-state index contributed by atoms with van der Waals surface area (Å²) >= 11 is 0. The van der Waals surface area contributed by atoms with Crippen molar-refractivity contribution in [3.05, 3.63) is 37.5 Å². The molecular formula is C11H16O2. The molecule has 0 radical (unpaired) electrons. The van der Waals surface area contributed by atoms with Crippen LogP contribution in [0.1, 0.15) is 25.7 Å². The van der Waals surface area contributed by atoms with Gasteiger partial charge in [-0.1, -0.05) is 13.2 Å². The average molecular weight is 180 g/mol. The van der Waals surface area contributed by atoms with Gasteiger partial charge in [0.1, 0.15) is 6.10 Å². The quantitative estimate of drug-likeness (QED) is 0.619. The van der Waals surface area contributed by atoms with Gasteiger partial charge in [-0.15, -0.1) is 0 Å². The molecule has 1 atom stereocenters. The number of hydrogen-bond donors (Lipinski definition) is 0. The molecule has 0 bridgehead atoms. The normalized spacial score (nSPS) is 25.2. The zero-order valence-electron chi connectivity index (χ0n) is 7.87. The van der Waals surface area contributed by atoms with E-state index in [9.17, 15) is 0 Å². The lowest BCUT2D eigenvalue weighted by atomic mass is 9.93. The van der Waals surface area contributed by atoms with Crippen LogP contribution in [0.15, 0.2) is 37.5 Å². The molecule has 1 unspecified atom stereocenters. The molecule has 0 saturated heterocycles. The van der Waals surface area contributed by atoms with Gasteiger partial charge in [-0.3, -0.25) is 0 Å². The molecule has 1 fully saturated rings. The SMILES string of the molecule is C=COC=C1CCCCC1OC=C. The molecular weight excluding hydrogens is 164 g/mol. The van der Waals surface area contributed by atoms with Gasteiger partial charge in [-0.2, -0.15) is 0 Å². The van der Waals surface area contributed by atoms with Gasteiger partial charge in [0.2, 0.25) is 0 Å². The minimum Gasteiger partial charge on any atom is -0.494 e. The molecule has 1 aliphatic carbocycles. The van der Waals surface area contributed by atoms with Crippen molar-refractivity contribution in [2.75, 3.05) is 0 Å². The van der Waals surface area contributed by atoms with Gasteiger partial charge in [0.05, 0.1) is 18.8 Å². The van der Waals surface area contributed by atoms with E-state index in [4.69, 9.17) is 9.47 Å². The van der Waals surface area contributed by atoms with E-state index in [1.807, 2.05) is 0 Å². The Kier molecular flexibility index (Phi) is 4.16. The summed E-state index contributed by atoms with van der Waals surface area (Å²) in [6, 6.07) is 0. The van der Waals surface area contributed by atoms with E-state index >= 15 is 0 Å². The van der Waals surface area contributed by atoms with E-state index in [1.165, 1.54) is 30.9 Å². The number of hydrogen-bond acceptors (Lipinski definition) is 2. The van der Waals surface area contributed by atoms with Gasteiger partial charge in [0.25, 0.3) is 0 Å². The molecule has 13 heavy (non-hydrogen) atoms. The van der Waals surface area contributed by atoms with Crippen molar-refractivity contribution >= 4 is 0 Å². The summed E-state index contributed by atoms with van der Waals surface area (Å²) in [6.07, 6.45) is 9.34. The highest BCUT2D eigenvalue weighted by Gasteiger charge is 2.19. The summed E-state index contributed by atoms with van der Waals surface area (Å²) in [5, 5.41) is 0. The molecule has 0 spiro atoms. The van der Waals surface area contributed by atoms with E-state index in [1.54, 1.807) is 6.26 Å². The van der Waals surface area contributed by atoms with Crippen LogP contribution in [-0.4, -0.2) is 6.10 Å². The highest BCUT2D eigenvalue weighted by Crippen LogP contribution is 2.26. The third-order valence-corrected chi connectivity index (χ3v) is 2.17. The maximum absolute atomic E-state index is 5.37. The number of ether oxygens (including phenoxy) is 2. The topological polar surface area (TPSA) is 18.5 Å². The van der Waals surface area contributed by atoms with Crippen LogP contribution in [0.4, 0.5) is 0 Å². The van der Waals surface area contributed by atoms with Crippen LogP contribution in [0, 0.1) is 0 Å². The first-order valence-corrected chi connectivity index (χ1v) is 4.60. The van der Waals surface area contributed by atoms with E-state index in [0.717, 1.165) is 12.8 Å². The molecule has 72 valence electrons. The smallest absolute Gasteiger partial charge is 0.122 e. The fourth-order valence-corrected chi connectivity index (χ4v) is 1.55. The molecule has 0 aromatic rings. The second kappa shape index (κ2) is 5.46. The molecule has 0 aliphatic heterocycles. The predicted octanol–water partition coefficient (Wildman–Crippen LogP) is 3.13. The first kappa shape index (κ1) is 9.90. The first-order valence-electron chi connectivity index (χ1n) is 4.60. The highest BCUT2D eigenvalue weighted by atomic mass is 16.5. The molecule has 1 saturated carbocycles. The van der Waals surface area contributed by atoms with Gasteiger partial charge in [-0.25, -0.2) is 0 Å². The summed E-state index contributed by atoms with van der Waals surface area (Å²) in [4.78, 5) is 0. The molecule has 0 N–H and O–H groups in total. The fourth-order valence-electron chi connectivity index (χ4n) is 1.55. The van der Waals surface area contributed by atoms with E-state index < -0.39 is 0 Å². The Morgan fingerprint density at radius 1 is 1.23 bits per heavy atom. The largest absolute Gasteiger partial charge is 0.494 e. The Hall–Kier alpha value is -1.18. The number of rotatable bonds is 4. The molecule has 2 nitrogen and oxygen atoms in total. The summed E-state index contributed by atoms with van der Waals surface area (Å²) in [6.45, 7) is 7.05. The van der Waals surface area contributed by atoms with Gasteiger partial charge in [0, 0.05) is 5.57 Å². The zero-order chi connectivity index (χ0) is 9.52. The van der Waals surface area contributed by atoms with Gasteiger partial charge in [-0.05, 0) is 25.7 Å². The second-order valence-electron chi connectivity index (χ2n) is 3.03. The monoisotopic (exact) mass is 180 g/mol. The standard InChI is InChI=1S/C11H16O2/c1-3-12-9-10-7-5-6-8-11(10)13-4-2/h3-4,9,11H,1-2,5-8H2. The van der Waals surface area contributed by atoms with Crippen molar-refractivity contribution < 1.29 is 9.47 Å². The minimum atomic E-state index is 0.159. The van der Waals surface area contributed by atoms with E-state index in [-0.39, 0.29) is 6.10 Å². The van der Waals surface area contributed by atoms with Crippen molar-refractivity contribution in [1.82, 2.24) is 0 Å². The van der Waals surface area contributed by atoms with E-state index in [2.05, 4.69) is 13.2 Å². The highest BCUT2D eigenvalue weighted by molar-refractivity contribution is 5.08. The van der Waals surface area contributed by atoms with Crippen molar-refractivity contribution in [3.8, 4) is 0 Å². The molecule has 0 amide bonds. The van der Waals surface area contributed by atoms with Gasteiger partial charge < -0.3 is 9.47 Å². The Bertz CT molecular complexity index is 206. The zero-order valence-corrected chi connectivity index (χ0v) is 7.87. The molecule has 1 rings (SSSR count). The van der Waals surface area contributed by atoms with E-state index in [0.29, 0.717) is 0 Å². The Morgan fingerprint density at radius 3 is 2.77 bits per heavy atom. The van der Waals surface area contributed by atoms with Crippen molar-refractivity contribution in [1.29, 1.82) is 0 Å². The molecule has 0 aromatic heterocycles. The first-order chi connectivity index (χ1) is 6.38. The van der Waals surface area contributed by atoms with Crippen LogP contribution in [0.3, 0.4) is 0 Å². The van der Waals surface area contributed by atoms with Crippen molar-refractivity contribution in [2.45, 2.75) is 31.8 Å². The lowest BCUT2D eigenvalue weighted by molar-refractivity contribution is 0.146. The third-order valence-electron chi connectivity index (χ3n) is 2.17. The summed E-state index contributed by atoms with van der Waals surface area (Å²) in [7, 11) is 0. The summed E-state index contributed by atoms with van der Waals surface area (Å²) < 4.78 is 10.4. The lowest BCUT2D eigenvalue weighted by Crippen LogP contribution is -2.17. The third kappa shape index (κ3) is 2.98. The van der Waals surface area contributed by atoms with Crippen LogP contribution in [0.5, 0.6) is 0 Å². The van der Waals surface area contributed by atoms with Crippen LogP contribution >= 0.6 is 0 Å². The molecule has 0 heterocycles. The molecule has 0 aromatic carbocycles. The Balaban J connectivity index is 2.54. The Labute approximate surface area is 79.5 Å². The van der Waals surface area contributed by atoms with Gasteiger partial charge >= 0.3 is 0 Å². The molecule has 2 heteroatoms. The lowest BCUT2D eigenvalue weighted by Gasteiger charge is -2.23. The van der Waals surface area contributed by atoms with Gasteiger partial charge in [0.15, 0.2) is 0 Å². The van der Waals surface area contributed by atoms with Crippen LogP contribution < -0.4 is 0 Å². The van der Waals surface area contributed by atoms with Crippen LogP contribution in [0.2, 0.25) is 0 Å². The summed E-state index contributed by atoms with van der Waals surface area (Å²) in [5.41, 5.74) is 1.20. The maximum atomic E-state index is 5.37.